The summed E-state index contributed by atoms with van der Waals surface area (Å²) in [7, 11) is 1.61. The summed E-state index contributed by atoms with van der Waals surface area (Å²) in [5.41, 5.74) is 4.91. The molecule has 35 heavy (non-hydrogen) atoms. The molecule has 0 unspecified atom stereocenters. The Bertz CT molecular complexity index is 1410. The lowest BCUT2D eigenvalue weighted by atomic mass is 9.79. The summed E-state index contributed by atoms with van der Waals surface area (Å²) in [5.74, 6) is -0.895. The Morgan fingerprint density at radius 2 is 1.86 bits per heavy atom. The number of hydrogen-bond acceptors (Lipinski definition) is 3. The molecule has 178 valence electrons. The highest BCUT2D eigenvalue weighted by molar-refractivity contribution is 9.10. The molecule has 2 heterocycles. The lowest BCUT2D eigenvalue weighted by molar-refractivity contribution is -0.119. The first kappa shape index (κ1) is 23.3. The van der Waals surface area contributed by atoms with E-state index < -0.39 is 12.0 Å². The van der Waals surface area contributed by atoms with E-state index in [-0.39, 0.29) is 11.8 Å². The van der Waals surface area contributed by atoms with Gasteiger partial charge in [0.15, 0.2) is 0 Å². The van der Waals surface area contributed by atoms with E-state index in [0.29, 0.717) is 24.4 Å². The number of carbonyl (C=O) groups is 2. The van der Waals surface area contributed by atoms with Crippen LogP contribution in [-0.2, 0) is 9.53 Å². The standard InChI is InChI=1S/C28H26BrN3O3/c1-17-11-12-24(22(29)15-17)31-27(33)25-19-8-3-4-9-20(19)28(34)32(13-14-35-2)26(25)21-16-30-23-10-6-5-7-18(21)23/h3-12,15-16,25-26,30H,13-14H2,1-2H3,(H,31,33)/t25-,26+/m1/s1. The number of aromatic amines is 1. The third-order valence-corrected chi connectivity index (χ3v) is 7.24. The van der Waals surface area contributed by atoms with Crippen molar-refractivity contribution in [2.24, 2.45) is 0 Å². The van der Waals surface area contributed by atoms with Crippen LogP contribution in [0.25, 0.3) is 10.9 Å². The maximum absolute atomic E-state index is 14.0. The molecule has 6 nitrogen and oxygen atoms in total. The average molecular weight is 532 g/mol. The van der Waals surface area contributed by atoms with Gasteiger partial charge in [0.05, 0.1) is 24.3 Å². The summed E-state index contributed by atoms with van der Waals surface area (Å²) in [5, 5.41) is 4.10. The molecule has 7 heteroatoms. The van der Waals surface area contributed by atoms with Crippen molar-refractivity contribution in [2.75, 3.05) is 25.6 Å². The van der Waals surface area contributed by atoms with Crippen molar-refractivity contribution in [3.63, 3.8) is 0 Å². The van der Waals surface area contributed by atoms with Crippen LogP contribution < -0.4 is 5.32 Å². The number of nitrogens with one attached hydrogen (secondary N) is 2. The lowest BCUT2D eigenvalue weighted by Gasteiger charge is -2.41. The molecule has 0 spiro atoms. The zero-order valence-corrected chi connectivity index (χ0v) is 21.1. The van der Waals surface area contributed by atoms with E-state index in [9.17, 15) is 9.59 Å². The minimum absolute atomic E-state index is 0.103. The number of para-hydroxylation sites is 1. The van der Waals surface area contributed by atoms with E-state index in [1.54, 1.807) is 18.1 Å². The predicted molar refractivity (Wildman–Crippen MR) is 141 cm³/mol. The molecule has 1 aliphatic rings. The number of nitrogens with zero attached hydrogens (tertiary/aromatic N) is 1. The molecule has 1 aromatic heterocycles. The van der Waals surface area contributed by atoms with Gasteiger partial charge >= 0.3 is 0 Å². The molecule has 0 bridgehead atoms. The first-order chi connectivity index (χ1) is 17.0. The molecule has 1 aliphatic heterocycles. The molecule has 2 N–H and O–H groups in total. The van der Waals surface area contributed by atoms with Crippen LogP contribution in [0, 0.1) is 6.92 Å². The van der Waals surface area contributed by atoms with Gasteiger partial charge in [0.1, 0.15) is 0 Å². The highest BCUT2D eigenvalue weighted by Gasteiger charge is 2.44. The predicted octanol–water partition coefficient (Wildman–Crippen LogP) is 5.80. The van der Waals surface area contributed by atoms with Crippen LogP contribution in [0.15, 0.2) is 77.4 Å². The van der Waals surface area contributed by atoms with Crippen molar-refractivity contribution in [2.45, 2.75) is 18.9 Å². The molecule has 0 fully saturated rings. The number of aromatic nitrogens is 1. The van der Waals surface area contributed by atoms with Gasteiger partial charge in [-0.3, -0.25) is 9.59 Å². The fraction of sp³-hybridized carbons (Fsp3) is 0.214. The van der Waals surface area contributed by atoms with E-state index >= 15 is 0 Å². The number of anilines is 1. The van der Waals surface area contributed by atoms with Crippen LogP contribution in [0.3, 0.4) is 0 Å². The first-order valence-corrected chi connectivity index (χ1v) is 12.3. The second-order valence-electron chi connectivity index (χ2n) is 8.76. The normalized spacial score (nSPS) is 17.5. The number of fused-ring (bicyclic) bond motifs is 2. The van der Waals surface area contributed by atoms with Crippen molar-refractivity contribution in [3.05, 3.63) is 99.7 Å². The zero-order valence-electron chi connectivity index (χ0n) is 19.5. The van der Waals surface area contributed by atoms with E-state index in [4.69, 9.17) is 4.74 Å². The Morgan fingerprint density at radius 1 is 1.09 bits per heavy atom. The fourth-order valence-electron chi connectivity index (χ4n) is 4.93. The molecule has 0 saturated carbocycles. The topological polar surface area (TPSA) is 74.4 Å². The van der Waals surface area contributed by atoms with E-state index in [1.165, 1.54) is 0 Å². The summed E-state index contributed by atoms with van der Waals surface area (Å²) in [6.07, 6.45) is 1.92. The van der Waals surface area contributed by atoms with Gasteiger partial charge < -0.3 is 19.9 Å². The van der Waals surface area contributed by atoms with Crippen molar-refractivity contribution >= 4 is 44.3 Å². The minimum atomic E-state index is -0.617. The molecule has 0 saturated heterocycles. The van der Waals surface area contributed by atoms with Crippen molar-refractivity contribution in [1.82, 2.24) is 9.88 Å². The molecule has 5 rings (SSSR count). The lowest BCUT2D eigenvalue weighted by Crippen LogP contribution is -2.47. The zero-order chi connectivity index (χ0) is 24.5. The summed E-state index contributed by atoms with van der Waals surface area (Å²) in [6.45, 7) is 2.73. The molecular weight excluding hydrogens is 506 g/mol. The van der Waals surface area contributed by atoms with Crippen LogP contribution in [0.2, 0.25) is 0 Å². The fourth-order valence-corrected chi connectivity index (χ4v) is 5.52. The Balaban J connectivity index is 1.67. The first-order valence-electron chi connectivity index (χ1n) is 11.5. The second-order valence-corrected chi connectivity index (χ2v) is 9.62. The molecule has 2 atom stereocenters. The van der Waals surface area contributed by atoms with Gasteiger partial charge in [-0.2, -0.15) is 0 Å². The number of benzene rings is 3. The van der Waals surface area contributed by atoms with Gasteiger partial charge in [0.25, 0.3) is 5.91 Å². The minimum Gasteiger partial charge on any atom is -0.383 e. The van der Waals surface area contributed by atoms with Gasteiger partial charge in [-0.15, -0.1) is 0 Å². The number of methoxy groups -OCH3 is 1. The molecule has 0 radical (unpaired) electrons. The van der Waals surface area contributed by atoms with Crippen molar-refractivity contribution in [3.8, 4) is 0 Å². The van der Waals surface area contributed by atoms with Gasteiger partial charge in [-0.05, 0) is 58.2 Å². The Labute approximate surface area is 212 Å². The van der Waals surface area contributed by atoms with Crippen LogP contribution >= 0.6 is 15.9 Å². The molecule has 4 aromatic rings. The quantitative estimate of drug-likeness (QED) is 0.330. The summed E-state index contributed by atoms with van der Waals surface area (Å²) in [4.78, 5) is 32.8. The SMILES string of the molecule is COCCN1C(=O)c2ccccc2[C@@H](C(=O)Nc2ccc(C)cc2Br)[C@@H]1c1c[nH]c2ccccc12. The second kappa shape index (κ2) is 9.68. The number of ether oxygens (including phenoxy) is 1. The molecule has 3 aromatic carbocycles. The van der Waals surface area contributed by atoms with Crippen molar-refractivity contribution in [1.29, 1.82) is 0 Å². The number of hydrogen-bond donors (Lipinski definition) is 2. The summed E-state index contributed by atoms with van der Waals surface area (Å²) in [6, 6.07) is 20.7. The molecule has 0 aliphatic carbocycles. The Hall–Kier alpha value is -3.42. The number of amides is 2. The van der Waals surface area contributed by atoms with Crippen LogP contribution in [0.1, 0.15) is 39.0 Å². The summed E-state index contributed by atoms with van der Waals surface area (Å²) >= 11 is 3.57. The number of halogens is 1. The highest BCUT2D eigenvalue weighted by atomic mass is 79.9. The van der Waals surface area contributed by atoms with Gasteiger partial charge in [0.2, 0.25) is 5.91 Å². The number of carbonyl (C=O) groups excluding carboxylic acids is 2. The number of aryl methyl sites for hydroxylation is 1. The maximum Gasteiger partial charge on any atom is 0.254 e. The number of rotatable bonds is 6. The Kier molecular flexibility index (Phi) is 6.45. The van der Waals surface area contributed by atoms with Crippen LogP contribution in [-0.4, -0.2) is 42.0 Å². The Morgan fingerprint density at radius 3 is 2.66 bits per heavy atom. The van der Waals surface area contributed by atoms with E-state index in [2.05, 4.69) is 26.2 Å². The number of H-pyrrole nitrogens is 1. The van der Waals surface area contributed by atoms with Crippen molar-refractivity contribution < 1.29 is 14.3 Å². The average Bonchev–Trinajstić information content (AvgIpc) is 3.29. The van der Waals surface area contributed by atoms with Gasteiger partial charge in [-0.25, -0.2) is 0 Å². The van der Waals surface area contributed by atoms with E-state index in [1.807, 2.05) is 73.8 Å². The molecular formula is C28H26BrN3O3. The largest absolute Gasteiger partial charge is 0.383 e. The monoisotopic (exact) mass is 531 g/mol. The smallest absolute Gasteiger partial charge is 0.254 e. The third kappa shape index (κ3) is 4.26. The molecule has 2 amide bonds. The third-order valence-electron chi connectivity index (χ3n) is 6.58. The highest BCUT2D eigenvalue weighted by Crippen LogP contribution is 2.45. The maximum atomic E-state index is 14.0. The van der Waals surface area contributed by atoms with Gasteiger partial charge in [0, 0.05) is 46.4 Å². The van der Waals surface area contributed by atoms with Gasteiger partial charge in [-0.1, -0.05) is 42.5 Å². The summed E-state index contributed by atoms with van der Waals surface area (Å²) < 4.78 is 6.15. The van der Waals surface area contributed by atoms with Crippen LogP contribution in [0.5, 0.6) is 0 Å². The van der Waals surface area contributed by atoms with E-state index in [0.717, 1.165) is 32.1 Å². The van der Waals surface area contributed by atoms with Crippen LogP contribution in [0.4, 0.5) is 5.69 Å².